The second-order valence-corrected chi connectivity index (χ2v) is 7.24. The van der Waals surface area contributed by atoms with Gasteiger partial charge in [0.25, 0.3) is 5.88 Å². The fraction of sp³-hybridized carbons (Fsp3) is 0.467. The van der Waals surface area contributed by atoms with Gasteiger partial charge in [0.2, 0.25) is 0 Å². The normalized spacial score (nSPS) is 28.2. The number of aromatic nitrogens is 2. The molecule has 1 fully saturated rings. The average Bonchev–Trinajstić information content (AvgIpc) is 2.83. The van der Waals surface area contributed by atoms with Crippen molar-refractivity contribution < 1.29 is 23.9 Å². The van der Waals surface area contributed by atoms with Crippen LogP contribution in [0, 0.1) is 6.92 Å². The van der Waals surface area contributed by atoms with Crippen molar-refractivity contribution in [2.24, 2.45) is 0 Å². The Balaban J connectivity index is 1.84. The number of fused-ring (bicyclic) bond motifs is 1. The highest BCUT2D eigenvalue weighted by molar-refractivity contribution is 7.74. The van der Waals surface area contributed by atoms with Crippen molar-refractivity contribution in [1.82, 2.24) is 9.97 Å². The maximum Gasteiger partial charge on any atom is 0.345 e. The Labute approximate surface area is 149 Å². The summed E-state index contributed by atoms with van der Waals surface area (Å²) in [7, 11) is 0. The average molecular weight is 373 g/mol. The van der Waals surface area contributed by atoms with E-state index in [1.165, 1.54) is 0 Å². The number of aryl methyl sites for hydroxylation is 1. The van der Waals surface area contributed by atoms with Crippen molar-refractivity contribution in [3.05, 3.63) is 28.9 Å². The minimum Gasteiger partial charge on any atom is -0.466 e. The first-order valence-corrected chi connectivity index (χ1v) is 8.30. The van der Waals surface area contributed by atoms with E-state index in [1.807, 2.05) is 32.0 Å². The van der Waals surface area contributed by atoms with Crippen LogP contribution in [0.3, 0.4) is 0 Å². The highest BCUT2D eigenvalue weighted by atomic mass is 35.5. The molecule has 24 heavy (non-hydrogen) atoms. The third kappa shape index (κ3) is 3.17. The summed E-state index contributed by atoms with van der Waals surface area (Å²) in [5.74, 6) is 0.244. The van der Waals surface area contributed by atoms with Gasteiger partial charge in [0.1, 0.15) is 12.6 Å². The first-order chi connectivity index (χ1) is 11.3. The van der Waals surface area contributed by atoms with Crippen molar-refractivity contribution >= 4 is 35.4 Å². The van der Waals surface area contributed by atoms with Crippen molar-refractivity contribution in [2.75, 3.05) is 6.54 Å². The molecule has 0 spiro atoms. The molecule has 2 aromatic rings. The third-order valence-electron chi connectivity index (χ3n) is 4.37. The number of rotatable bonds is 4. The second kappa shape index (κ2) is 6.62. The van der Waals surface area contributed by atoms with Gasteiger partial charge < -0.3 is 9.84 Å². The molecule has 4 atom stereocenters. The van der Waals surface area contributed by atoms with E-state index < -0.39 is 6.41 Å². The van der Waals surface area contributed by atoms with Gasteiger partial charge in [-0.15, -0.1) is 4.89 Å². The van der Waals surface area contributed by atoms with Crippen LogP contribution >= 0.6 is 24.4 Å². The Kier molecular flexibility index (Phi) is 4.87. The lowest BCUT2D eigenvalue weighted by Gasteiger charge is -2.32. The number of aliphatic hydroxyl groups excluding tert-OH is 1. The first kappa shape index (κ1) is 17.7. The van der Waals surface area contributed by atoms with E-state index in [2.05, 4.69) is 27.7 Å². The van der Waals surface area contributed by atoms with Crippen molar-refractivity contribution in [2.45, 2.75) is 38.8 Å². The van der Waals surface area contributed by atoms with Crippen molar-refractivity contribution in [3.8, 4) is 5.88 Å². The van der Waals surface area contributed by atoms with E-state index >= 15 is 0 Å². The maximum absolute atomic E-state index is 9.81. The van der Waals surface area contributed by atoms with E-state index in [0.29, 0.717) is 24.0 Å². The highest BCUT2D eigenvalue weighted by Crippen LogP contribution is 2.35. The summed E-state index contributed by atoms with van der Waals surface area (Å²) >= 11 is 10.6. The van der Waals surface area contributed by atoms with E-state index in [4.69, 9.17) is 21.6 Å². The molecule has 0 amide bonds. The van der Waals surface area contributed by atoms with Gasteiger partial charge in [-0.1, -0.05) is 17.7 Å². The van der Waals surface area contributed by atoms with Crippen molar-refractivity contribution in [1.29, 1.82) is 0 Å². The van der Waals surface area contributed by atoms with Crippen LogP contribution in [0.2, 0.25) is 5.15 Å². The van der Waals surface area contributed by atoms with Gasteiger partial charge in [0, 0.05) is 6.42 Å². The standard InChI is InChI=1S/C15H18ClN3O4S/c1-8-3-4-11-12(5-8)18-14(13(16)17-11)22-10-6-9(2)19(24,7-10)15(20)23-21/h3-5,9-10,15,20,24H,6-7H2,1-2H3/p+1/t9-,10?,15?,19?/m1/s1. The van der Waals surface area contributed by atoms with Gasteiger partial charge in [0.15, 0.2) is 11.3 Å². The lowest BCUT2D eigenvalue weighted by atomic mass is 10.2. The number of benzene rings is 1. The Morgan fingerprint density at radius 3 is 2.83 bits per heavy atom. The van der Waals surface area contributed by atoms with Crippen molar-refractivity contribution in [3.63, 3.8) is 0 Å². The van der Waals surface area contributed by atoms with Crippen LogP contribution in [0.4, 0.5) is 0 Å². The number of aliphatic hydroxyl groups is 1. The van der Waals surface area contributed by atoms with Crippen LogP contribution in [0.5, 0.6) is 5.88 Å². The molecule has 3 rings (SSSR count). The Hall–Kier alpha value is -1.16. The molecule has 130 valence electrons. The zero-order valence-corrected chi connectivity index (χ0v) is 14.9. The smallest absolute Gasteiger partial charge is 0.345 e. The fourth-order valence-corrected chi connectivity index (χ4v) is 3.47. The number of hydrogen-bond acceptors (Lipinski definition) is 7. The summed E-state index contributed by atoms with van der Waals surface area (Å²) in [5.41, 5.74) is 2.46. The van der Waals surface area contributed by atoms with Crippen LogP contribution < -0.4 is 4.74 Å². The highest BCUT2D eigenvalue weighted by Gasteiger charge is 2.50. The number of thiol groups is 1. The zero-order valence-electron chi connectivity index (χ0n) is 13.3. The van der Waals surface area contributed by atoms with Gasteiger partial charge >= 0.3 is 6.41 Å². The largest absolute Gasteiger partial charge is 0.466 e. The summed E-state index contributed by atoms with van der Waals surface area (Å²) in [6.07, 6.45) is -1.16. The summed E-state index contributed by atoms with van der Waals surface area (Å²) in [6.45, 7) is 4.17. The monoisotopic (exact) mass is 372 g/mol. The molecule has 9 heteroatoms. The van der Waals surface area contributed by atoms with Crippen LogP contribution in [-0.2, 0) is 4.89 Å². The summed E-state index contributed by atoms with van der Waals surface area (Å²) < 4.78 is 5.71. The quantitative estimate of drug-likeness (QED) is 0.251. The van der Waals surface area contributed by atoms with E-state index in [-0.39, 0.29) is 27.1 Å². The predicted octanol–water partition coefficient (Wildman–Crippen LogP) is 2.56. The molecule has 2 N–H and O–H groups in total. The van der Waals surface area contributed by atoms with Gasteiger partial charge in [-0.05, 0) is 31.5 Å². The minimum atomic E-state index is -1.46. The second-order valence-electron chi connectivity index (χ2n) is 6.14. The molecule has 0 radical (unpaired) electrons. The van der Waals surface area contributed by atoms with Gasteiger partial charge in [-0.2, -0.15) is 0 Å². The molecule has 1 aromatic carbocycles. The lowest BCUT2D eigenvalue weighted by Crippen LogP contribution is -2.51. The summed E-state index contributed by atoms with van der Waals surface area (Å²) in [4.78, 5) is 12.8. The number of likely N-dealkylation sites (tertiary alicyclic amines) is 1. The molecule has 1 saturated heterocycles. The Morgan fingerprint density at radius 2 is 2.12 bits per heavy atom. The van der Waals surface area contributed by atoms with Gasteiger partial charge in [-0.3, -0.25) is 0 Å². The van der Waals surface area contributed by atoms with Gasteiger partial charge in [-0.25, -0.2) is 19.1 Å². The first-order valence-electron chi connectivity index (χ1n) is 7.52. The van der Waals surface area contributed by atoms with Crippen LogP contribution in [0.25, 0.3) is 11.0 Å². The number of nitrogens with zero attached hydrogens (tertiary/aromatic N) is 3. The molecule has 1 aliphatic heterocycles. The molecule has 0 bridgehead atoms. The van der Waals surface area contributed by atoms with E-state index in [9.17, 15) is 5.11 Å². The molecule has 0 saturated carbocycles. The van der Waals surface area contributed by atoms with Crippen LogP contribution in [-0.4, -0.2) is 49.3 Å². The molecular weight excluding hydrogens is 354 g/mol. The zero-order chi connectivity index (χ0) is 17.5. The van der Waals surface area contributed by atoms with Gasteiger partial charge in [0.05, 0.1) is 23.8 Å². The Morgan fingerprint density at radius 1 is 1.38 bits per heavy atom. The van der Waals surface area contributed by atoms with E-state index in [1.54, 1.807) is 0 Å². The molecular formula is C15H19ClN3O4S+. The topological polar surface area (TPSA) is 84.7 Å². The molecule has 7 nitrogen and oxygen atoms in total. The number of ether oxygens (including phenoxy) is 1. The molecule has 2 heterocycles. The SMILES string of the molecule is Cc1ccc2nc(Cl)c(OC3C[C@@H](C)[N+](S)(C(O)OO)C3)nc2c1. The molecule has 1 aliphatic rings. The fourth-order valence-electron chi connectivity index (χ4n) is 2.98. The molecule has 3 unspecified atom stereocenters. The lowest BCUT2D eigenvalue weighted by molar-refractivity contribution is -0.899. The number of quaternary nitrogens is 1. The third-order valence-corrected chi connectivity index (χ3v) is 5.37. The van der Waals surface area contributed by atoms with Crippen LogP contribution in [0.15, 0.2) is 18.2 Å². The minimum absolute atomic E-state index is 0.102. The van der Waals surface area contributed by atoms with Crippen LogP contribution in [0.1, 0.15) is 18.9 Å². The predicted molar refractivity (Wildman–Crippen MR) is 91.6 cm³/mol. The number of hydrogen-bond donors (Lipinski definition) is 3. The summed E-state index contributed by atoms with van der Waals surface area (Å²) in [5, 5.41) is 18.7. The van der Waals surface area contributed by atoms with E-state index in [0.717, 1.165) is 5.56 Å². The Bertz CT molecular complexity index is 765. The summed E-state index contributed by atoms with van der Waals surface area (Å²) in [6, 6.07) is 5.60. The molecule has 1 aromatic heterocycles. The molecule has 0 aliphatic carbocycles. The number of halogens is 1. The maximum atomic E-state index is 9.81.